The van der Waals surface area contributed by atoms with E-state index in [9.17, 15) is 9.59 Å². The van der Waals surface area contributed by atoms with Crippen molar-refractivity contribution in [2.45, 2.75) is 26.7 Å². The molecule has 1 fully saturated rings. The zero-order valence-corrected chi connectivity index (χ0v) is 21.8. The van der Waals surface area contributed by atoms with E-state index in [-0.39, 0.29) is 30.0 Å². The number of anilines is 1. The number of carbonyl (C=O) groups is 2. The molecular weight excluding hydrogens is 470 g/mol. The van der Waals surface area contributed by atoms with E-state index >= 15 is 0 Å². The number of ether oxygens (including phenoxy) is 1. The zero-order valence-electron chi connectivity index (χ0n) is 21.8. The first-order valence-corrected chi connectivity index (χ1v) is 12.8. The van der Waals surface area contributed by atoms with E-state index in [0.29, 0.717) is 26.2 Å². The number of hydrogen-bond acceptors (Lipinski definition) is 7. The Hall–Kier alpha value is -3.88. The van der Waals surface area contributed by atoms with Gasteiger partial charge in [-0.1, -0.05) is 32.4 Å². The van der Waals surface area contributed by atoms with Gasteiger partial charge >= 0.3 is 0 Å². The van der Waals surface area contributed by atoms with Crippen LogP contribution >= 0.6 is 0 Å². The Morgan fingerprint density at radius 3 is 2.65 bits per heavy atom. The molecule has 3 heterocycles. The van der Waals surface area contributed by atoms with E-state index in [1.54, 1.807) is 24.1 Å². The molecule has 9 nitrogen and oxygen atoms in total. The van der Waals surface area contributed by atoms with Gasteiger partial charge in [0.25, 0.3) is 5.91 Å². The van der Waals surface area contributed by atoms with E-state index in [2.05, 4.69) is 28.9 Å². The number of amides is 2. The molecule has 0 bridgehead atoms. The summed E-state index contributed by atoms with van der Waals surface area (Å²) in [6.07, 6.45) is 3.21. The average molecular weight is 506 g/mol. The van der Waals surface area contributed by atoms with Crippen molar-refractivity contribution >= 4 is 17.6 Å². The summed E-state index contributed by atoms with van der Waals surface area (Å²) in [5.74, 6) is 1.80. The lowest BCUT2D eigenvalue weighted by Gasteiger charge is -2.28. The van der Waals surface area contributed by atoms with E-state index in [0.717, 1.165) is 42.2 Å². The molecule has 0 saturated carbocycles. The van der Waals surface area contributed by atoms with Crippen LogP contribution in [0.5, 0.6) is 5.75 Å². The molecule has 37 heavy (non-hydrogen) atoms. The summed E-state index contributed by atoms with van der Waals surface area (Å²) >= 11 is 0. The summed E-state index contributed by atoms with van der Waals surface area (Å²) in [7, 11) is 1.64. The number of rotatable bonds is 9. The summed E-state index contributed by atoms with van der Waals surface area (Å²) < 4.78 is 10.6. The number of furan rings is 1. The third kappa shape index (κ3) is 6.67. The molecule has 1 saturated heterocycles. The predicted octanol–water partition coefficient (Wildman–Crippen LogP) is 3.97. The van der Waals surface area contributed by atoms with Crippen LogP contribution in [0.2, 0.25) is 0 Å². The van der Waals surface area contributed by atoms with Crippen molar-refractivity contribution in [1.29, 1.82) is 0 Å². The second-order valence-corrected chi connectivity index (χ2v) is 9.41. The minimum Gasteiger partial charge on any atom is -0.497 e. The lowest BCUT2D eigenvalue weighted by atomic mass is 10.1. The van der Waals surface area contributed by atoms with E-state index in [4.69, 9.17) is 9.15 Å². The van der Waals surface area contributed by atoms with Crippen molar-refractivity contribution < 1.29 is 18.7 Å². The van der Waals surface area contributed by atoms with Crippen LogP contribution in [0.4, 0.5) is 5.82 Å². The van der Waals surface area contributed by atoms with Gasteiger partial charge in [-0.05, 0) is 48.7 Å². The van der Waals surface area contributed by atoms with Gasteiger partial charge in [-0.2, -0.15) is 0 Å². The Balaban J connectivity index is 1.38. The van der Waals surface area contributed by atoms with Gasteiger partial charge < -0.3 is 23.9 Å². The Labute approximate surface area is 218 Å². The van der Waals surface area contributed by atoms with Crippen LogP contribution in [0.3, 0.4) is 0 Å². The molecule has 4 rings (SSSR count). The number of benzene rings is 1. The molecule has 196 valence electrons. The molecule has 0 spiro atoms. The van der Waals surface area contributed by atoms with Gasteiger partial charge in [0.2, 0.25) is 5.91 Å². The SMILES string of the molecule is CCC(C)CN(CC(=O)N1CCCN(c2ccc(-c3cccc(OC)c3)nn2)CC1)C(=O)c1ccco1. The number of methoxy groups -OCH3 is 1. The van der Waals surface area contributed by atoms with Crippen molar-refractivity contribution in [3.05, 3.63) is 60.6 Å². The Morgan fingerprint density at radius 1 is 1.08 bits per heavy atom. The molecule has 0 aliphatic carbocycles. The molecular formula is C28H35N5O4. The molecule has 3 aromatic rings. The highest BCUT2D eigenvalue weighted by molar-refractivity contribution is 5.94. The highest BCUT2D eigenvalue weighted by Crippen LogP contribution is 2.23. The van der Waals surface area contributed by atoms with Crippen LogP contribution in [0.1, 0.15) is 37.2 Å². The normalized spacial score (nSPS) is 14.7. The molecule has 2 amide bonds. The van der Waals surface area contributed by atoms with E-state index < -0.39 is 0 Å². The number of hydrogen-bond donors (Lipinski definition) is 0. The molecule has 0 radical (unpaired) electrons. The number of carbonyl (C=O) groups excluding carboxylic acids is 2. The first-order valence-electron chi connectivity index (χ1n) is 12.8. The van der Waals surface area contributed by atoms with Gasteiger partial charge in [-0.25, -0.2) is 0 Å². The maximum atomic E-state index is 13.2. The molecule has 2 aromatic heterocycles. The molecule has 1 aliphatic rings. The quantitative estimate of drug-likeness (QED) is 0.434. The summed E-state index contributed by atoms with van der Waals surface area (Å²) in [6, 6.07) is 15.0. The second kappa shape index (κ2) is 12.4. The van der Waals surface area contributed by atoms with Gasteiger partial charge in [0.05, 0.1) is 19.1 Å². The number of nitrogens with zero attached hydrogens (tertiary/aromatic N) is 5. The first kappa shape index (κ1) is 26.2. The minimum absolute atomic E-state index is 0.0406. The van der Waals surface area contributed by atoms with Crippen molar-refractivity contribution in [1.82, 2.24) is 20.0 Å². The maximum Gasteiger partial charge on any atom is 0.290 e. The second-order valence-electron chi connectivity index (χ2n) is 9.41. The van der Waals surface area contributed by atoms with Crippen molar-refractivity contribution in [3.8, 4) is 17.0 Å². The Bertz CT molecular complexity index is 1170. The summed E-state index contributed by atoms with van der Waals surface area (Å²) in [4.78, 5) is 31.8. The topological polar surface area (TPSA) is 92.0 Å². The fourth-order valence-electron chi connectivity index (χ4n) is 4.37. The van der Waals surface area contributed by atoms with Gasteiger partial charge in [-0.3, -0.25) is 9.59 Å². The van der Waals surface area contributed by atoms with Gasteiger partial charge in [0.15, 0.2) is 11.6 Å². The Kier molecular flexibility index (Phi) is 8.77. The molecule has 1 aromatic carbocycles. The lowest BCUT2D eigenvalue weighted by Crippen LogP contribution is -2.45. The molecule has 9 heteroatoms. The number of aromatic nitrogens is 2. The van der Waals surface area contributed by atoms with Gasteiger partial charge in [-0.15, -0.1) is 10.2 Å². The highest BCUT2D eigenvalue weighted by atomic mass is 16.5. The van der Waals surface area contributed by atoms with Crippen LogP contribution in [-0.4, -0.2) is 78.2 Å². The smallest absolute Gasteiger partial charge is 0.290 e. The van der Waals surface area contributed by atoms with Crippen LogP contribution in [0.25, 0.3) is 11.3 Å². The summed E-state index contributed by atoms with van der Waals surface area (Å²) in [5.41, 5.74) is 1.72. The largest absolute Gasteiger partial charge is 0.497 e. The predicted molar refractivity (Wildman–Crippen MR) is 141 cm³/mol. The maximum absolute atomic E-state index is 13.2. The minimum atomic E-state index is -0.249. The zero-order chi connectivity index (χ0) is 26.2. The van der Waals surface area contributed by atoms with Crippen LogP contribution in [0.15, 0.2) is 59.2 Å². The molecule has 1 atom stereocenters. The highest BCUT2D eigenvalue weighted by Gasteiger charge is 2.26. The van der Waals surface area contributed by atoms with E-state index in [1.807, 2.05) is 41.3 Å². The molecule has 1 unspecified atom stereocenters. The van der Waals surface area contributed by atoms with Gasteiger partial charge in [0, 0.05) is 38.3 Å². The first-order chi connectivity index (χ1) is 18.0. The summed E-state index contributed by atoms with van der Waals surface area (Å²) in [5, 5.41) is 8.88. The molecule has 1 aliphatic heterocycles. The van der Waals surface area contributed by atoms with Crippen LogP contribution < -0.4 is 9.64 Å². The average Bonchev–Trinajstić information content (AvgIpc) is 3.36. The van der Waals surface area contributed by atoms with Crippen molar-refractivity contribution in [3.63, 3.8) is 0 Å². The third-order valence-corrected chi connectivity index (χ3v) is 6.76. The fraction of sp³-hybridized carbons (Fsp3) is 0.429. The third-order valence-electron chi connectivity index (χ3n) is 6.76. The van der Waals surface area contributed by atoms with Crippen molar-refractivity contribution in [2.24, 2.45) is 5.92 Å². The summed E-state index contributed by atoms with van der Waals surface area (Å²) in [6.45, 7) is 7.33. The van der Waals surface area contributed by atoms with Crippen LogP contribution in [-0.2, 0) is 4.79 Å². The Morgan fingerprint density at radius 2 is 1.95 bits per heavy atom. The fourth-order valence-corrected chi connectivity index (χ4v) is 4.37. The monoisotopic (exact) mass is 505 g/mol. The standard InChI is InChI=1S/C28H35N5O4/c1-4-21(2)19-33(28(35)25-10-6-17-37-25)20-27(34)32-14-7-13-31(15-16-32)26-12-11-24(29-30-26)22-8-5-9-23(18-22)36-3/h5-6,8-12,17-18,21H,4,7,13-16,19-20H2,1-3H3. The van der Waals surface area contributed by atoms with Gasteiger partial charge in [0.1, 0.15) is 12.3 Å². The lowest BCUT2D eigenvalue weighted by molar-refractivity contribution is -0.131. The van der Waals surface area contributed by atoms with Crippen molar-refractivity contribution in [2.75, 3.05) is 51.3 Å². The molecule has 0 N–H and O–H groups in total. The van der Waals surface area contributed by atoms with Crippen LogP contribution in [0, 0.1) is 5.92 Å². The van der Waals surface area contributed by atoms with E-state index in [1.165, 1.54) is 6.26 Å².